The lowest BCUT2D eigenvalue weighted by Crippen LogP contribution is -2.41. The van der Waals surface area contributed by atoms with Gasteiger partial charge in [0.05, 0.1) is 5.69 Å². The van der Waals surface area contributed by atoms with E-state index >= 15 is 0 Å². The van der Waals surface area contributed by atoms with E-state index in [1.807, 2.05) is 0 Å². The Hall–Kier alpha value is -2.02. The highest BCUT2D eigenvalue weighted by atomic mass is 19.1. The van der Waals surface area contributed by atoms with Gasteiger partial charge < -0.3 is 15.0 Å². The van der Waals surface area contributed by atoms with Crippen LogP contribution in [0.2, 0.25) is 0 Å². The number of hydrogen-bond donors (Lipinski definition) is 1. The quantitative estimate of drug-likeness (QED) is 0.898. The molecular weight excluding hydrogens is 306 g/mol. The Bertz CT molecular complexity index is 574. The Kier molecular flexibility index (Phi) is 6.04. The van der Waals surface area contributed by atoms with Gasteiger partial charge in [0.25, 0.3) is 0 Å². The van der Waals surface area contributed by atoms with Crippen molar-refractivity contribution in [3.8, 4) is 0 Å². The molecule has 1 fully saturated rings. The third-order valence-corrected chi connectivity index (χ3v) is 3.81. The summed E-state index contributed by atoms with van der Waals surface area (Å²) in [5, 5.41) is 2.75. The molecule has 1 aromatic rings. The topological polar surface area (TPSA) is 58.6 Å². The predicted molar refractivity (Wildman–Crippen MR) is 80.9 cm³/mol. The highest BCUT2D eigenvalue weighted by Gasteiger charge is 2.22. The van der Waals surface area contributed by atoms with Crippen LogP contribution >= 0.6 is 0 Å². The van der Waals surface area contributed by atoms with E-state index in [-0.39, 0.29) is 36.5 Å². The maximum atomic E-state index is 13.8. The third kappa shape index (κ3) is 4.72. The highest BCUT2D eigenvalue weighted by molar-refractivity contribution is 5.91. The molecule has 1 N–H and O–H groups in total. The Morgan fingerprint density at radius 1 is 1.30 bits per heavy atom. The fourth-order valence-corrected chi connectivity index (χ4v) is 2.54. The Morgan fingerprint density at radius 3 is 2.61 bits per heavy atom. The molecule has 1 aromatic carbocycles. The van der Waals surface area contributed by atoms with Crippen LogP contribution in [0.3, 0.4) is 0 Å². The summed E-state index contributed by atoms with van der Waals surface area (Å²) in [5.41, 5.74) is -0.000727. The van der Waals surface area contributed by atoms with Crippen molar-refractivity contribution < 1.29 is 23.1 Å². The van der Waals surface area contributed by atoms with Crippen molar-refractivity contribution in [2.24, 2.45) is 5.92 Å². The van der Waals surface area contributed by atoms with Gasteiger partial charge in [-0.05, 0) is 25.0 Å². The predicted octanol–water partition coefficient (Wildman–Crippen LogP) is 1.86. The zero-order valence-corrected chi connectivity index (χ0v) is 13.0. The summed E-state index contributed by atoms with van der Waals surface area (Å²) in [6.07, 6.45) is 1.35. The van der Waals surface area contributed by atoms with Gasteiger partial charge in [0, 0.05) is 45.2 Å². The van der Waals surface area contributed by atoms with Crippen LogP contribution in [0.25, 0.3) is 0 Å². The van der Waals surface area contributed by atoms with E-state index in [4.69, 9.17) is 4.74 Å². The smallest absolute Gasteiger partial charge is 0.224 e. The normalized spacial score (nSPS) is 15.3. The van der Waals surface area contributed by atoms with Crippen LogP contribution in [-0.4, -0.2) is 38.1 Å². The molecule has 0 unspecified atom stereocenters. The average molecular weight is 326 g/mol. The maximum absolute atomic E-state index is 13.8. The van der Waals surface area contributed by atoms with Crippen LogP contribution in [0.4, 0.5) is 14.5 Å². The molecule has 0 spiro atoms. The van der Waals surface area contributed by atoms with Crippen LogP contribution in [0.15, 0.2) is 18.2 Å². The summed E-state index contributed by atoms with van der Waals surface area (Å²) < 4.78 is 32.0. The lowest BCUT2D eigenvalue weighted by molar-refractivity contribution is -0.127. The van der Waals surface area contributed by atoms with Gasteiger partial charge in [-0.15, -0.1) is 0 Å². The summed E-state index contributed by atoms with van der Waals surface area (Å²) in [4.78, 5) is 24.9. The molecule has 1 heterocycles. The van der Waals surface area contributed by atoms with Gasteiger partial charge >= 0.3 is 0 Å². The molecule has 0 radical (unpaired) electrons. The lowest BCUT2D eigenvalue weighted by Gasteiger charge is -2.24. The van der Waals surface area contributed by atoms with Gasteiger partial charge in [0.15, 0.2) is 0 Å². The molecule has 0 saturated carbocycles. The van der Waals surface area contributed by atoms with Crippen LogP contribution < -0.4 is 10.2 Å². The Balaban J connectivity index is 1.92. The average Bonchev–Trinajstić information content (AvgIpc) is 2.53. The van der Waals surface area contributed by atoms with Gasteiger partial charge in [-0.2, -0.15) is 0 Å². The fraction of sp³-hybridized carbons (Fsp3) is 0.500. The van der Waals surface area contributed by atoms with E-state index in [0.29, 0.717) is 26.1 Å². The second-order valence-electron chi connectivity index (χ2n) is 5.44. The lowest BCUT2D eigenvalue weighted by atomic mass is 9.99. The number of carbonyl (C=O) groups is 2. The molecule has 2 amide bonds. The molecule has 0 aromatic heterocycles. The first kappa shape index (κ1) is 17.3. The summed E-state index contributed by atoms with van der Waals surface area (Å²) >= 11 is 0. The number of nitrogens with one attached hydrogen (secondary N) is 1. The number of rotatable bonds is 5. The second-order valence-corrected chi connectivity index (χ2v) is 5.44. The van der Waals surface area contributed by atoms with E-state index < -0.39 is 11.6 Å². The molecule has 126 valence electrons. The fourth-order valence-electron chi connectivity index (χ4n) is 2.54. The van der Waals surface area contributed by atoms with Crippen LogP contribution in [-0.2, 0) is 14.3 Å². The minimum atomic E-state index is -0.809. The summed E-state index contributed by atoms with van der Waals surface area (Å²) in [7, 11) is 0. The minimum Gasteiger partial charge on any atom is -0.381 e. The second kappa shape index (κ2) is 8.01. The maximum Gasteiger partial charge on any atom is 0.224 e. The van der Waals surface area contributed by atoms with Crippen molar-refractivity contribution in [2.45, 2.75) is 19.8 Å². The van der Waals surface area contributed by atoms with Gasteiger partial charge in [0.2, 0.25) is 11.8 Å². The molecule has 23 heavy (non-hydrogen) atoms. The van der Waals surface area contributed by atoms with Crippen LogP contribution in [0.1, 0.15) is 19.8 Å². The van der Waals surface area contributed by atoms with Crippen molar-refractivity contribution in [3.63, 3.8) is 0 Å². The van der Waals surface area contributed by atoms with Crippen molar-refractivity contribution in [3.05, 3.63) is 29.8 Å². The van der Waals surface area contributed by atoms with Crippen molar-refractivity contribution in [1.82, 2.24) is 5.32 Å². The van der Waals surface area contributed by atoms with Crippen LogP contribution in [0, 0.1) is 17.6 Å². The molecular formula is C16H20F2N2O3. The summed E-state index contributed by atoms with van der Waals surface area (Å²) in [5.74, 6) is -2.07. The van der Waals surface area contributed by atoms with Crippen molar-refractivity contribution in [1.29, 1.82) is 0 Å². The van der Waals surface area contributed by atoms with Crippen molar-refractivity contribution >= 4 is 17.5 Å². The van der Waals surface area contributed by atoms with Gasteiger partial charge in [-0.3, -0.25) is 9.59 Å². The van der Waals surface area contributed by atoms with Gasteiger partial charge in [-0.1, -0.05) is 0 Å². The zero-order chi connectivity index (χ0) is 16.8. The molecule has 1 saturated heterocycles. The molecule has 0 atom stereocenters. The monoisotopic (exact) mass is 326 g/mol. The zero-order valence-electron chi connectivity index (χ0n) is 13.0. The first-order valence-electron chi connectivity index (χ1n) is 7.57. The highest BCUT2D eigenvalue weighted by Crippen LogP contribution is 2.20. The van der Waals surface area contributed by atoms with E-state index in [1.54, 1.807) is 0 Å². The third-order valence-electron chi connectivity index (χ3n) is 3.81. The number of nitrogens with zero attached hydrogens (tertiary/aromatic N) is 1. The molecule has 7 heteroatoms. The van der Waals surface area contributed by atoms with E-state index in [0.717, 1.165) is 12.1 Å². The Morgan fingerprint density at radius 2 is 2.00 bits per heavy atom. The molecule has 2 rings (SSSR count). The number of carbonyl (C=O) groups excluding carboxylic acids is 2. The first-order valence-corrected chi connectivity index (χ1v) is 7.57. The van der Waals surface area contributed by atoms with Gasteiger partial charge in [0.1, 0.15) is 11.6 Å². The number of hydrogen-bond acceptors (Lipinski definition) is 3. The standard InChI is InChI=1S/C16H20F2N2O3/c1-11(21)20(15-3-2-13(17)10-14(15)18)7-6-19-16(22)12-4-8-23-9-5-12/h2-3,10,12H,4-9H2,1H3,(H,19,22). The Labute approximate surface area is 133 Å². The van der Waals surface area contributed by atoms with Crippen molar-refractivity contribution in [2.75, 3.05) is 31.2 Å². The molecule has 0 bridgehead atoms. The minimum absolute atomic E-state index is 0.000727. The largest absolute Gasteiger partial charge is 0.381 e. The summed E-state index contributed by atoms with van der Waals surface area (Å²) in [6, 6.07) is 3.03. The molecule has 5 nitrogen and oxygen atoms in total. The molecule has 0 aliphatic carbocycles. The van der Waals surface area contributed by atoms with E-state index in [9.17, 15) is 18.4 Å². The summed E-state index contributed by atoms with van der Waals surface area (Å²) in [6.45, 7) is 2.75. The number of halogens is 2. The SMILES string of the molecule is CC(=O)N(CCNC(=O)C1CCOCC1)c1ccc(F)cc1F. The molecule has 1 aliphatic heterocycles. The van der Waals surface area contributed by atoms with E-state index in [2.05, 4.69) is 5.32 Å². The number of amides is 2. The van der Waals surface area contributed by atoms with Gasteiger partial charge in [-0.25, -0.2) is 8.78 Å². The number of benzene rings is 1. The van der Waals surface area contributed by atoms with E-state index in [1.165, 1.54) is 17.9 Å². The molecule has 1 aliphatic rings. The first-order chi connectivity index (χ1) is 11.0. The number of ether oxygens (including phenoxy) is 1. The van der Waals surface area contributed by atoms with Crippen LogP contribution in [0.5, 0.6) is 0 Å². The number of anilines is 1.